The molecule has 3 aromatic carbocycles. The maximum atomic E-state index is 12.7. The van der Waals surface area contributed by atoms with Crippen LogP contribution in [-0.4, -0.2) is 23.0 Å². The van der Waals surface area contributed by atoms with Crippen LogP contribution >= 0.6 is 12.2 Å². The van der Waals surface area contributed by atoms with Crippen molar-refractivity contribution in [3.8, 4) is 5.75 Å². The van der Waals surface area contributed by atoms with Gasteiger partial charge in [0.2, 0.25) is 0 Å². The lowest BCUT2D eigenvalue weighted by atomic mass is 10.1. The van der Waals surface area contributed by atoms with Crippen LogP contribution in [0, 0.1) is 6.92 Å². The minimum Gasteiger partial charge on any atom is -0.491 e. The lowest BCUT2D eigenvalue weighted by Crippen LogP contribution is -2.34. The molecule has 1 atom stereocenters. The third-order valence-electron chi connectivity index (χ3n) is 5.62. The largest absolute Gasteiger partial charge is 0.491 e. The highest BCUT2D eigenvalue weighted by molar-refractivity contribution is 7.80. The van der Waals surface area contributed by atoms with Crippen molar-refractivity contribution in [2.24, 2.45) is 0 Å². The number of para-hydroxylation sites is 1. The van der Waals surface area contributed by atoms with Gasteiger partial charge in [0.15, 0.2) is 10.9 Å². The molecule has 0 aliphatic heterocycles. The minimum absolute atomic E-state index is 0.0563. The Morgan fingerprint density at radius 3 is 2.53 bits per heavy atom. The van der Waals surface area contributed by atoms with Crippen LogP contribution < -0.4 is 20.7 Å². The fourth-order valence-electron chi connectivity index (χ4n) is 3.52. The van der Waals surface area contributed by atoms with E-state index in [-0.39, 0.29) is 28.8 Å². The average Bonchev–Trinajstić information content (AvgIpc) is 3.30. The first-order valence-corrected chi connectivity index (χ1v) is 12.0. The summed E-state index contributed by atoms with van der Waals surface area (Å²) in [4.78, 5) is 25.3. The third-order valence-corrected chi connectivity index (χ3v) is 5.82. The van der Waals surface area contributed by atoms with E-state index in [1.165, 1.54) is 0 Å². The minimum atomic E-state index is -0.339. The van der Waals surface area contributed by atoms with Crippen LogP contribution in [0.5, 0.6) is 5.75 Å². The van der Waals surface area contributed by atoms with Crippen molar-refractivity contribution in [2.45, 2.75) is 33.3 Å². The van der Waals surface area contributed by atoms with Crippen molar-refractivity contribution in [1.82, 2.24) is 5.32 Å². The maximum absolute atomic E-state index is 12.7. The van der Waals surface area contributed by atoms with Gasteiger partial charge in [0.1, 0.15) is 11.3 Å². The van der Waals surface area contributed by atoms with E-state index in [9.17, 15) is 9.59 Å². The van der Waals surface area contributed by atoms with Crippen molar-refractivity contribution in [3.05, 3.63) is 89.7 Å². The van der Waals surface area contributed by atoms with E-state index < -0.39 is 0 Å². The highest BCUT2D eigenvalue weighted by atomic mass is 32.1. The number of carbonyl (C=O) groups is 2. The highest BCUT2D eigenvalue weighted by Gasteiger charge is 2.14. The summed E-state index contributed by atoms with van der Waals surface area (Å²) in [7, 11) is 0. The predicted molar refractivity (Wildman–Crippen MR) is 146 cm³/mol. The summed E-state index contributed by atoms with van der Waals surface area (Å²) in [6, 6.07) is 21.5. The van der Waals surface area contributed by atoms with Gasteiger partial charge in [0.25, 0.3) is 11.8 Å². The first kappa shape index (κ1) is 24.9. The molecule has 0 fully saturated rings. The molecular formula is C28H27N3O4S. The molecule has 0 unspecified atom stereocenters. The Labute approximate surface area is 214 Å². The number of nitrogens with one attached hydrogen (secondary N) is 3. The normalized spacial score (nSPS) is 11.5. The summed E-state index contributed by atoms with van der Waals surface area (Å²) in [5, 5.41) is 9.58. The highest BCUT2D eigenvalue weighted by Crippen LogP contribution is 2.23. The van der Waals surface area contributed by atoms with Gasteiger partial charge in [-0.1, -0.05) is 31.2 Å². The van der Waals surface area contributed by atoms with Gasteiger partial charge in [-0.15, -0.1) is 0 Å². The summed E-state index contributed by atoms with van der Waals surface area (Å²) in [5.74, 6) is 0.193. The quantitative estimate of drug-likeness (QED) is 0.258. The van der Waals surface area contributed by atoms with Crippen molar-refractivity contribution in [2.75, 3.05) is 10.6 Å². The molecule has 4 aromatic rings. The number of fused-ring (bicyclic) bond motifs is 1. The van der Waals surface area contributed by atoms with Crippen molar-refractivity contribution < 1.29 is 18.7 Å². The predicted octanol–water partition coefficient (Wildman–Crippen LogP) is 6.30. The van der Waals surface area contributed by atoms with Crippen molar-refractivity contribution in [3.63, 3.8) is 0 Å². The lowest BCUT2D eigenvalue weighted by molar-refractivity contribution is 0.0974. The first-order chi connectivity index (χ1) is 17.3. The zero-order chi connectivity index (χ0) is 25.7. The molecule has 1 aromatic heterocycles. The molecule has 1 heterocycles. The standard InChI is InChI=1S/C28H27N3O4S/c1-4-18(3)34-22-10-7-9-20(15-22)26(32)31-28(36)29-21-12-13-23(17(2)14-21)30-27(33)25-16-19-8-5-6-11-24(19)35-25/h5-16,18H,4H2,1-3H3,(H,30,33)(H2,29,31,32,36)/t18-/m1/s1. The van der Waals surface area contributed by atoms with Crippen LogP contribution in [0.3, 0.4) is 0 Å². The van der Waals surface area contributed by atoms with Gasteiger partial charge in [-0.2, -0.15) is 0 Å². The van der Waals surface area contributed by atoms with Crippen LogP contribution in [0.2, 0.25) is 0 Å². The molecule has 3 N–H and O–H groups in total. The van der Waals surface area contributed by atoms with E-state index in [2.05, 4.69) is 16.0 Å². The number of aryl methyl sites for hydroxylation is 1. The number of furan rings is 1. The summed E-state index contributed by atoms with van der Waals surface area (Å²) in [6.45, 7) is 5.88. The molecular weight excluding hydrogens is 474 g/mol. The van der Waals surface area contributed by atoms with Crippen LogP contribution in [0.15, 0.2) is 77.2 Å². The van der Waals surface area contributed by atoms with Gasteiger partial charge in [-0.3, -0.25) is 14.9 Å². The lowest BCUT2D eigenvalue weighted by Gasteiger charge is -2.14. The number of thiocarbonyl (C=S) groups is 1. The molecule has 4 rings (SSSR count). The number of carbonyl (C=O) groups excluding carboxylic acids is 2. The topological polar surface area (TPSA) is 92.6 Å². The summed E-state index contributed by atoms with van der Waals surface area (Å²) in [5.41, 5.74) is 3.23. The van der Waals surface area contributed by atoms with E-state index >= 15 is 0 Å². The van der Waals surface area contributed by atoms with Crippen LogP contribution in [-0.2, 0) is 0 Å². The Balaban J connectivity index is 1.36. The van der Waals surface area contributed by atoms with E-state index in [4.69, 9.17) is 21.4 Å². The molecule has 7 nitrogen and oxygen atoms in total. The van der Waals surface area contributed by atoms with Crippen molar-refractivity contribution in [1.29, 1.82) is 0 Å². The zero-order valence-corrected chi connectivity index (χ0v) is 21.1. The second kappa shape index (κ2) is 11.0. The van der Waals surface area contributed by atoms with Crippen molar-refractivity contribution >= 4 is 51.5 Å². The Morgan fingerprint density at radius 2 is 1.78 bits per heavy atom. The van der Waals surface area contributed by atoms with Gasteiger partial charge in [0.05, 0.1) is 6.10 Å². The van der Waals surface area contributed by atoms with Crippen LogP contribution in [0.25, 0.3) is 11.0 Å². The van der Waals surface area contributed by atoms with Gasteiger partial charge in [-0.05, 0) is 86.6 Å². The van der Waals surface area contributed by atoms with E-state index in [1.54, 1.807) is 36.4 Å². The molecule has 0 saturated heterocycles. The number of hydrogen-bond acceptors (Lipinski definition) is 5. The number of amides is 2. The van der Waals surface area contributed by atoms with Gasteiger partial charge >= 0.3 is 0 Å². The van der Waals surface area contributed by atoms with Gasteiger partial charge in [0, 0.05) is 22.3 Å². The Morgan fingerprint density at radius 1 is 0.972 bits per heavy atom. The summed E-state index contributed by atoms with van der Waals surface area (Å²) < 4.78 is 11.4. The van der Waals surface area contributed by atoms with E-state index in [0.717, 1.165) is 17.4 Å². The number of benzene rings is 3. The Kier molecular flexibility index (Phi) is 7.65. The van der Waals surface area contributed by atoms with Gasteiger partial charge in [-0.25, -0.2) is 0 Å². The molecule has 36 heavy (non-hydrogen) atoms. The molecule has 0 aliphatic rings. The van der Waals surface area contributed by atoms with E-state index in [0.29, 0.717) is 28.3 Å². The first-order valence-electron chi connectivity index (χ1n) is 11.6. The summed E-state index contributed by atoms with van der Waals surface area (Å²) >= 11 is 5.32. The molecule has 0 aliphatic carbocycles. The van der Waals surface area contributed by atoms with E-state index in [1.807, 2.05) is 57.2 Å². The average molecular weight is 502 g/mol. The fourth-order valence-corrected chi connectivity index (χ4v) is 3.73. The molecule has 0 spiro atoms. The molecule has 2 amide bonds. The molecule has 0 bridgehead atoms. The SMILES string of the molecule is CC[C@@H](C)Oc1cccc(C(=O)NC(=S)Nc2ccc(NC(=O)c3cc4ccccc4o3)c(C)c2)c1. The molecule has 8 heteroatoms. The fraction of sp³-hybridized carbons (Fsp3) is 0.179. The summed E-state index contributed by atoms with van der Waals surface area (Å²) in [6.07, 6.45) is 0.924. The molecule has 0 radical (unpaired) electrons. The van der Waals surface area contributed by atoms with Crippen LogP contribution in [0.4, 0.5) is 11.4 Å². The molecule has 184 valence electrons. The van der Waals surface area contributed by atoms with Crippen LogP contribution in [0.1, 0.15) is 46.7 Å². The number of ether oxygens (including phenoxy) is 1. The zero-order valence-electron chi connectivity index (χ0n) is 20.3. The van der Waals surface area contributed by atoms with Gasteiger partial charge < -0.3 is 19.8 Å². The Bertz CT molecular complexity index is 1400. The number of hydrogen-bond donors (Lipinski definition) is 3. The smallest absolute Gasteiger partial charge is 0.291 e. The number of anilines is 2. The second-order valence-electron chi connectivity index (χ2n) is 8.41. The Hall–Kier alpha value is -4.17. The monoisotopic (exact) mass is 501 g/mol. The maximum Gasteiger partial charge on any atom is 0.291 e. The second-order valence-corrected chi connectivity index (χ2v) is 8.81. The number of rotatable bonds is 7. The molecule has 0 saturated carbocycles. The third kappa shape index (κ3) is 6.09.